The Bertz CT molecular complexity index is 767. The molecule has 3 heterocycles. The number of benzene rings is 1. The number of guanidine groups is 1. The van der Waals surface area contributed by atoms with Crippen LogP contribution >= 0.6 is 0 Å². The van der Waals surface area contributed by atoms with Crippen LogP contribution in [-0.2, 0) is 11.3 Å². The first-order chi connectivity index (χ1) is 13.3. The summed E-state index contributed by atoms with van der Waals surface area (Å²) in [5.74, 6) is 1.03. The topological polar surface area (TPSA) is 57.9 Å². The molecule has 0 saturated carbocycles. The van der Waals surface area contributed by atoms with Gasteiger partial charge in [0.15, 0.2) is 5.96 Å². The molecule has 7 nitrogen and oxygen atoms in total. The number of ether oxygens (including phenoxy) is 1. The Morgan fingerprint density at radius 1 is 1.26 bits per heavy atom. The van der Waals surface area contributed by atoms with Gasteiger partial charge in [-0.3, -0.25) is 9.89 Å². The van der Waals surface area contributed by atoms with Crippen molar-refractivity contribution in [2.75, 3.05) is 53.0 Å². The van der Waals surface area contributed by atoms with Gasteiger partial charge in [0.2, 0.25) is 0 Å². The number of aliphatic imine (C=N–C) groups is 1. The van der Waals surface area contributed by atoms with Gasteiger partial charge in [-0.25, -0.2) is 4.98 Å². The van der Waals surface area contributed by atoms with Crippen molar-refractivity contribution in [2.24, 2.45) is 4.99 Å². The summed E-state index contributed by atoms with van der Waals surface area (Å²) >= 11 is 0. The molecule has 2 aromatic rings. The lowest BCUT2D eigenvalue weighted by Gasteiger charge is -2.32. The first kappa shape index (κ1) is 18.3. The number of hydrogen-bond donors (Lipinski definition) is 1. The number of fused-ring (bicyclic) bond motifs is 1. The number of likely N-dealkylation sites (tertiary alicyclic amines) is 1. The summed E-state index contributed by atoms with van der Waals surface area (Å²) < 4.78 is 7.71. The van der Waals surface area contributed by atoms with Crippen molar-refractivity contribution in [3.05, 3.63) is 30.6 Å². The van der Waals surface area contributed by atoms with Gasteiger partial charge in [0.1, 0.15) is 0 Å². The SMILES string of the molecule is CN=C(NCCCn1cnc2ccccc21)N1CCC(N2CCOCC2)C1. The Morgan fingerprint density at radius 2 is 2.11 bits per heavy atom. The van der Waals surface area contributed by atoms with Crippen molar-refractivity contribution in [3.8, 4) is 0 Å². The van der Waals surface area contributed by atoms with E-state index >= 15 is 0 Å². The molecule has 0 spiro atoms. The van der Waals surface area contributed by atoms with Crippen molar-refractivity contribution >= 4 is 17.0 Å². The average molecular weight is 371 g/mol. The van der Waals surface area contributed by atoms with E-state index in [4.69, 9.17) is 4.74 Å². The van der Waals surface area contributed by atoms with Crippen LogP contribution in [0.4, 0.5) is 0 Å². The molecule has 1 atom stereocenters. The third-order valence-corrected chi connectivity index (χ3v) is 5.62. The zero-order valence-electron chi connectivity index (χ0n) is 16.2. The summed E-state index contributed by atoms with van der Waals surface area (Å²) in [5.41, 5.74) is 2.27. The van der Waals surface area contributed by atoms with E-state index in [1.807, 2.05) is 19.4 Å². The van der Waals surface area contributed by atoms with Crippen molar-refractivity contribution in [3.63, 3.8) is 0 Å². The molecule has 146 valence electrons. The second kappa shape index (κ2) is 8.71. The van der Waals surface area contributed by atoms with Crippen LogP contribution < -0.4 is 5.32 Å². The van der Waals surface area contributed by atoms with Gasteiger partial charge in [0, 0.05) is 52.4 Å². The summed E-state index contributed by atoms with van der Waals surface area (Å²) in [5, 5.41) is 3.54. The molecule has 2 fully saturated rings. The molecule has 27 heavy (non-hydrogen) atoms. The van der Waals surface area contributed by atoms with Crippen LogP contribution in [-0.4, -0.2) is 84.3 Å². The molecule has 4 rings (SSSR count). The molecule has 2 saturated heterocycles. The Kier molecular flexibility index (Phi) is 5.89. The van der Waals surface area contributed by atoms with Crippen molar-refractivity contribution in [1.82, 2.24) is 24.7 Å². The fourth-order valence-electron chi connectivity index (χ4n) is 4.15. The third-order valence-electron chi connectivity index (χ3n) is 5.62. The van der Waals surface area contributed by atoms with Crippen LogP contribution in [0.5, 0.6) is 0 Å². The second-order valence-corrected chi connectivity index (χ2v) is 7.29. The monoisotopic (exact) mass is 370 g/mol. The lowest BCUT2D eigenvalue weighted by molar-refractivity contribution is 0.0195. The van der Waals surface area contributed by atoms with Gasteiger partial charge in [0.25, 0.3) is 0 Å². The predicted molar refractivity (Wildman–Crippen MR) is 108 cm³/mol. The largest absolute Gasteiger partial charge is 0.379 e. The lowest BCUT2D eigenvalue weighted by atomic mass is 10.2. The van der Waals surface area contributed by atoms with Gasteiger partial charge in [-0.1, -0.05) is 12.1 Å². The van der Waals surface area contributed by atoms with Crippen LogP contribution in [0, 0.1) is 0 Å². The van der Waals surface area contributed by atoms with Gasteiger partial charge in [-0.05, 0) is 25.0 Å². The van der Waals surface area contributed by atoms with Crippen molar-refractivity contribution in [2.45, 2.75) is 25.4 Å². The minimum atomic E-state index is 0.629. The highest BCUT2D eigenvalue weighted by Crippen LogP contribution is 2.17. The second-order valence-electron chi connectivity index (χ2n) is 7.29. The average Bonchev–Trinajstić information content (AvgIpc) is 3.36. The summed E-state index contributed by atoms with van der Waals surface area (Å²) in [6.45, 7) is 7.87. The van der Waals surface area contributed by atoms with Crippen LogP contribution in [0.1, 0.15) is 12.8 Å². The van der Waals surface area contributed by atoms with Crippen LogP contribution in [0.3, 0.4) is 0 Å². The molecule has 0 bridgehead atoms. The number of aromatic nitrogens is 2. The standard InChI is InChI=1S/C20H30N6O/c1-21-20(25-10-7-17(15-25)24-11-13-27-14-12-24)22-8-4-9-26-16-23-18-5-2-3-6-19(18)26/h2-3,5-6,16-17H,4,7-15H2,1H3,(H,21,22). The molecule has 1 aromatic heterocycles. The van der Waals surface area contributed by atoms with E-state index in [1.165, 1.54) is 11.9 Å². The highest BCUT2D eigenvalue weighted by atomic mass is 16.5. The van der Waals surface area contributed by atoms with E-state index in [1.54, 1.807) is 0 Å². The van der Waals surface area contributed by atoms with Crippen molar-refractivity contribution in [1.29, 1.82) is 0 Å². The van der Waals surface area contributed by atoms with Crippen LogP contribution in [0.25, 0.3) is 11.0 Å². The number of nitrogens with one attached hydrogen (secondary N) is 1. The number of nitrogens with zero attached hydrogens (tertiary/aromatic N) is 5. The van der Waals surface area contributed by atoms with E-state index in [0.29, 0.717) is 6.04 Å². The first-order valence-electron chi connectivity index (χ1n) is 10.0. The van der Waals surface area contributed by atoms with E-state index in [9.17, 15) is 0 Å². The van der Waals surface area contributed by atoms with Gasteiger partial charge >= 0.3 is 0 Å². The highest BCUT2D eigenvalue weighted by molar-refractivity contribution is 5.80. The summed E-state index contributed by atoms with van der Waals surface area (Å²) in [6.07, 6.45) is 4.19. The zero-order chi connectivity index (χ0) is 18.5. The number of rotatable bonds is 5. The van der Waals surface area contributed by atoms with Crippen LogP contribution in [0.15, 0.2) is 35.6 Å². The molecular formula is C20H30N6O. The van der Waals surface area contributed by atoms with E-state index < -0.39 is 0 Å². The van der Waals surface area contributed by atoms with Gasteiger partial charge in [-0.2, -0.15) is 0 Å². The molecule has 0 aliphatic carbocycles. The highest BCUT2D eigenvalue weighted by Gasteiger charge is 2.30. The fraction of sp³-hybridized carbons (Fsp3) is 0.600. The number of imidazole rings is 1. The molecule has 1 unspecified atom stereocenters. The predicted octanol–water partition coefficient (Wildman–Crippen LogP) is 1.41. The maximum absolute atomic E-state index is 5.48. The van der Waals surface area contributed by atoms with Crippen LogP contribution in [0.2, 0.25) is 0 Å². The smallest absolute Gasteiger partial charge is 0.193 e. The Hall–Kier alpha value is -2.12. The number of morpholine rings is 1. The minimum Gasteiger partial charge on any atom is -0.379 e. The van der Waals surface area contributed by atoms with E-state index in [2.05, 4.69) is 47.9 Å². The first-order valence-corrected chi connectivity index (χ1v) is 10.0. The van der Waals surface area contributed by atoms with Gasteiger partial charge in [-0.15, -0.1) is 0 Å². The number of para-hydroxylation sites is 2. The molecule has 2 aliphatic rings. The molecule has 2 aliphatic heterocycles. The Labute approximate surface area is 161 Å². The third kappa shape index (κ3) is 4.25. The summed E-state index contributed by atoms with van der Waals surface area (Å²) in [4.78, 5) is 13.9. The normalized spacial score (nSPS) is 21.9. The summed E-state index contributed by atoms with van der Waals surface area (Å²) in [7, 11) is 1.88. The van der Waals surface area contributed by atoms with E-state index in [0.717, 1.165) is 70.4 Å². The summed E-state index contributed by atoms with van der Waals surface area (Å²) in [6, 6.07) is 8.92. The van der Waals surface area contributed by atoms with Gasteiger partial charge < -0.3 is 19.5 Å². The van der Waals surface area contributed by atoms with Gasteiger partial charge in [0.05, 0.1) is 30.6 Å². The number of aryl methyl sites for hydroxylation is 1. The molecular weight excluding hydrogens is 340 g/mol. The molecule has 1 N–H and O–H groups in total. The maximum Gasteiger partial charge on any atom is 0.193 e. The zero-order valence-corrected chi connectivity index (χ0v) is 16.2. The van der Waals surface area contributed by atoms with E-state index in [-0.39, 0.29) is 0 Å². The quantitative estimate of drug-likeness (QED) is 0.490. The minimum absolute atomic E-state index is 0.629. The Morgan fingerprint density at radius 3 is 2.96 bits per heavy atom. The molecule has 7 heteroatoms. The maximum atomic E-state index is 5.48. The molecule has 0 radical (unpaired) electrons. The molecule has 1 aromatic carbocycles. The lowest BCUT2D eigenvalue weighted by Crippen LogP contribution is -2.46. The Balaban J connectivity index is 1.24. The van der Waals surface area contributed by atoms with Crippen molar-refractivity contribution < 1.29 is 4.74 Å². The number of hydrogen-bond acceptors (Lipinski definition) is 4. The molecule has 0 amide bonds. The fourth-order valence-corrected chi connectivity index (χ4v) is 4.15.